The summed E-state index contributed by atoms with van der Waals surface area (Å²) >= 11 is 0. The average molecular weight is 243 g/mol. The monoisotopic (exact) mass is 243 g/mol. The Bertz CT molecular complexity index is 697. The number of hydrogen-bond acceptors (Lipinski definition) is 4. The van der Waals surface area contributed by atoms with Gasteiger partial charge in [-0.3, -0.25) is 5.10 Å². The van der Waals surface area contributed by atoms with Gasteiger partial charge >= 0.3 is 0 Å². The van der Waals surface area contributed by atoms with E-state index in [1.165, 1.54) is 0 Å². The summed E-state index contributed by atoms with van der Waals surface area (Å²) in [6.45, 7) is 1.69. The Hall–Kier alpha value is -2.34. The van der Waals surface area contributed by atoms with Gasteiger partial charge in [-0.2, -0.15) is 0 Å². The maximum atomic E-state index is 9.54. The number of rotatable bonds is 2. The van der Waals surface area contributed by atoms with Crippen molar-refractivity contribution in [3.8, 4) is 11.4 Å². The first-order valence-corrected chi connectivity index (χ1v) is 5.63. The molecule has 0 aliphatic carbocycles. The number of aromatic amines is 1. The van der Waals surface area contributed by atoms with E-state index < -0.39 is 6.10 Å². The summed E-state index contributed by atoms with van der Waals surface area (Å²) < 4.78 is 1.73. The summed E-state index contributed by atoms with van der Waals surface area (Å²) in [6.07, 6.45) is -0.569. The molecule has 0 radical (unpaired) electrons. The largest absolute Gasteiger partial charge is 0.399 e. The Morgan fingerprint density at radius 1 is 1.33 bits per heavy atom. The average Bonchev–Trinajstić information content (AvgIpc) is 2.87. The van der Waals surface area contributed by atoms with Crippen molar-refractivity contribution < 1.29 is 5.11 Å². The first kappa shape index (κ1) is 10.8. The van der Waals surface area contributed by atoms with Crippen LogP contribution in [0.1, 0.15) is 18.7 Å². The molecule has 3 aromatic rings. The molecule has 18 heavy (non-hydrogen) atoms. The van der Waals surface area contributed by atoms with Crippen LogP contribution in [0.2, 0.25) is 0 Å². The van der Waals surface area contributed by atoms with Crippen molar-refractivity contribution in [2.75, 3.05) is 5.73 Å². The van der Waals surface area contributed by atoms with Crippen molar-refractivity contribution >= 4 is 11.3 Å². The molecule has 0 bridgehead atoms. The zero-order valence-electron chi connectivity index (χ0n) is 9.83. The summed E-state index contributed by atoms with van der Waals surface area (Å²) in [7, 11) is 0. The predicted octanol–water partition coefficient (Wildman–Crippen LogP) is 1.36. The van der Waals surface area contributed by atoms with Crippen molar-refractivity contribution in [2.24, 2.45) is 0 Å². The summed E-state index contributed by atoms with van der Waals surface area (Å²) in [5.74, 6) is 0.671. The number of aromatic nitrogens is 4. The summed E-state index contributed by atoms with van der Waals surface area (Å²) in [5.41, 5.74) is 8.67. The van der Waals surface area contributed by atoms with Gasteiger partial charge in [0.1, 0.15) is 0 Å². The molecule has 0 fully saturated rings. The second-order valence-electron chi connectivity index (χ2n) is 4.23. The zero-order valence-corrected chi connectivity index (χ0v) is 9.83. The van der Waals surface area contributed by atoms with E-state index in [0.717, 1.165) is 5.56 Å². The van der Waals surface area contributed by atoms with Crippen LogP contribution in [0.5, 0.6) is 0 Å². The zero-order chi connectivity index (χ0) is 12.7. The molecule has 0 saturated heterocycles. The summed E-state index contributed by atoms with van der Waals surface area (Å²) in [5, 5.41) is 20.8. The van der Waals surface area contributed by atoms with Crippen LogP contribution in [-0.2, 0) is 0 Å². The van der Waals surface area contributed by atoms with Gasteiger partial charge in [-0.25, -0.2) is 4.52 Å². The van der Waals surface area contributed by atoms with Gasteiger partial charge in [0.05, 0.1) is 11.8 Å². The fourth-order valence-corrected chi connectivity index (χ4v) is 1.88. The molecule has 6 heteroatoms. The molecule has 3 rings (SSSR count). The molecule has 0 spiro atoms. The van der Waals surface area contributed by atoms with Gasteiger partial charge in [-0.1, -0.05) is 12.1 Å². The Kier molecular flexibility index (Phi) is 2.31. The SMILES string of the molecule is CC(O)c1cc2nnc(-c3cccc(N)c3)n2[nH]1. The normalized spacial score (nSPS) is 13.0. The smallest absolute Gasteiger partial charge is 0.183 e. The van der Waals surface area contributed by atoms with E-state index in [-0.39, 0.29) is 0 Å². The lowest BCUT2D eigenvalue weighted by Crippen LogP contribution is -1.96. The second-order valence-corrected chi connectivity index (χ2v) is 4.23. The minimum absolute atomic E-state index is 0.569. The quantitative estimate of drug-likeness (QED) is 0.592. The topological polar surface area (TPSA) is 92.2 Å². The first-order chi connectivity index (χ1) is 8.65. The molecule has 2 heterocycles. The van der Waals surface area contributed by atoms with Crippen LogP contribution in [-0.4, -0.2) is 24.9 Å². The minimum Gasteiger partial charge on any atom is -0.399 e. The molecule has 2 aromatic heterocycles. The van der Waals surface area contributed by atoms with Gasteiger partial charge in [0.25, 0.3) is 0 Å². The molecule has 92 valence electrons. The number of nitrogen functional groups attached to an aromatic ring is 1. The van der Waals surface area contributed by atoms with Gasteiger partial charge in [-0.15, -0.1) is 10.2 Å². The van der Waals surface area contributed by atoms with Crippen molar-refractivity contribution in [3.05, 3.63) is 36.0 Å². The number of benzene rings is 1. The van der Waals surface area contributed by atoms with Crippen LogP contribution < -0.4 is 5.73 Å². The van der Waals surface area contributed by atoms with Crippen molar-refractivity contribution in [3.63, 3.8) is 0 Å². The lowest BCUT2D eigenvalue weighted by atomic mass is 10.2. The van der Waals surface area contributed by atoms with E-state index in [9.17, 15) is 5.11 Å². The number of nitrogens with one attached hydrogen (secondary N) is 1. The number of aliphatic hydroxyl groups is 1. The van der Waals surface area contributed by atoms with E-state index >= 15 is 0 Å². The lowest BCUT2D eigenvalue weighted by molar-refractivity contribution is 0.194. The maximum Gasteiger partial charge on any atom is 0.183 e. The van der Waals surface area contributed by atoms with E-state index in [0.29, 0.717) is 22.9 Å². The molecule has 1 atom stereocenters. The fraction of sp³-hybridized carbons (Fsp3) is 0.167. The summed E-state index contributed by atoms with van der Waals surface area (Å²) in [6, 6.07) is 9.20. The highest BCUT2D eigenvalue weighted by Crippen LogP contribution is 2.21. The van der Waals surface area contributed by atoms with Crippen molar-refractivity contribution in [1.29, 1.82) is 0 Å². The molecule has 6 nitrogen and oxygen atoms in total. The number of anilines is 1. The molecule has 0 saturated carbocycles. The second kappa shape index (κ2) is 3.85. The van der Waals surface area contributed by atoms with Crippen LogP contribution in [0.3, 0.4) is 0 Å². The molecular weight excluding hydrogens is 230 g/mol. The van der Waals surface area contributed by atoms with Crippen LogP contribution in [0.25, 0.3) is 17.0 Å². The number of nitrogens with two attached hydrogens (primary N) is 1. The molecule has 0 amide bonds. The third-order valence-electron chi connectivity index (χ3n) is 2.81. The van der Waals surface area contributed by atoms with Crippen LogP contribution in [0.4, 0.5) is 5.69 Å². The Morgan fingerprint density at radius 3 is 2.89 bits per heavy atom. The highest BCUT2D eigenvalue weighted by molar-refractivity contribution is 5.63. The highest BCUT2D eigenvalue weighted by atomic mass is 16.3. The molecule has 0 aliphatic heterocycles. The Balaban J connectivity index is 2.17. The predicted molar refractivity (Wildman–Crippen MR) is 67.8 cm³/mol. The van der Waals surface area contributed by atoms with Gasteiger partial charge in [0.15, 0.2) is 11.5 Å². The van der Waals surface area contributed by atoms with E-state index in [4.69, 9.17) is 5.73 Å². The molecule has 1 aromatic carbocycles. The van der Waals surface area contributed by atoms with Crippen LogP contribution in [0, 0.1) is 0 Å². The van der Waals surface area contributed by atoms with Gasteiger partial charge in [0.2, 0.25) is 0 Å². The van der Waals surface area contributed by atoms with E-state index in [1.54, 1.807) is 17.5 Å². The van der Waals surface area contributed by atoms with E-state index in [2.05, 4.69) is 15.3 Å². The Morgan fingerprint density at radius 2 is 2.17 bits per heavy atom. The number of aliphatic hydroxyl groups excluding tert-OH is 1. The van der Waals surface area contributed by atoms with Crippen molar-refractivity contribution in [2.45, 2.75) is 13.0 Å². The summed E-state index contributed by atoms with van der Waals surface area (Å²) in [4.78, 5) is 0. The highest BCUT2D eigenvalue weighted by Gasteiger charge is 2.13. The van der Waals surface area contributed by atoms with Crippen LogP contribution >= 0.6 is 0 Å². The standard InChI is InChI=1S/C12H13N5O/c1-7(18)10-6-11-14-15-12(17(11)16-10)8-3-2-4-9(13)5-8/h2-7,16,18H,13H2,1H3. The lowest BCUT2D eigenvalue weighted by Gasteiger charge is -2.01. The third kappa shape index (κ3) is 1.63. The number of H-pyrrole nitrogens is 1. The third-order valence-corrected chi connectivity index (χ3v) is 2.81. The fourth-order valence-electron chi connectivity index (χ4n) is 1.88. The number of nitrogens with zero attached hydrogens (tertiary/aromatic N) is 3. The molecular formula is C12H13N5O. The van der Waals surface area contributed by atoms with E-state index in [1.807, 2.05) is 24.3 Å². The number of hydrogen-bond donors (Lipinski definition) is 3. The van der Waals surface area contributed by atoms with Gasteiger partial charge in [-0.05, 0) is 19.1 Å². The Labute approximate surface area is 103 Å². The minimum atomic E-state index is -0.569. The molecule has 1 unspecified atom stereocenters. The van der Waals surface area contributed by atoms with Crippen molar-refractivity contribution in [1.82, 2.24) is 19.8 Å². The molecule has 4 N–H and O–H groups in total. The maximum absolute atomic E-state index is 9.54. The number of fused-ring (bicyclic) bond motifs is 1. The van der Waals surface area contributed by atoms with Crippen LogP contribution in [0.15, 0.2) is 30.3 Å². The van der Waals surface area contributed by atoms with Gasteiger partial charge in [0, 0.05) is 17.3 Å². The molecule has 0 aliphatic rings. The first-order valence-electron chi connectivity index (χ1n) is 5.63. The van der Waals surface area contributed by atoms with Gasteiger partial charge < -0.3 is 10.8 Å².